The lowest BCUT2D eigenvalue weighted by Gasteiger charge is -2.21. The van der Waals surface area contributed by atoms with Gasteiger partial charge in [0, 0.05) is 5.02 Å². The molecule has 9 heteroatoms. The lowest BCUT2D eigenvalue weighted by molar-refractivity contribution is -0.130. The minimum absolute atomic E-state index is 0.00631. The van der Waals surface area contributed by atoms with Crippen molar-refractivity contribution in [3.63, 3.8) is 0 Å². The van der Waals surface area contributed by atoms with E-state index in [1.807, 2.05) is 0 Å². The summed E-state index contributed by atoms with van der Waals surface area (Å²) in [6.07, 6.45) is 1.16. The lowest BCUT2D eigenvalue weighted by atomic mass is 9.99. The van der Waals surface area contributed by atoms with Gasteiger partial charge in [0.2, 0.25) is 11.8 Å². The summed E-state index contributed by atoms with van der Waals surface area (Å²) < 4.78 is 5.74. The fourth-order valence-electron chi connectivity index (χ4n) is 3.37. The first-order chi connectivity index (χ1) is 15.3. The molecule has 3 aromatic rings. The monoisotopic (exact) mass is 470 g/mol. The molecule has 1 saturated carbocycles. The second kappa shape index (κ2) is 8.81. The van der Waals surface area contributed by atoms with Crippen molar-refractivity contribution in [2.45, 2.75) is 43.7 Å². The maximum absolute atomic E-state index is 13.0. The van der Waals surface area contributed by atoms with Crippen molar-refractivity contribution < 1.29 is 14.0 Å². The van der Waals surface area contributed by atoms with Crippen LogP contribution in [0.2, 0.25) is 10.0 Å². The van der Waals surface area contributed by atoms with Crippen LogP contribution in [0.3, 0.4) is 0 Å². The number of oxazole rings is 1. The summed E-state index contributed by atoms with van der Waals surface area (Å²) in [5, 5.41) is 15.8. The van der Waals surface area contributed by atoms with Crippen molar-refractivity contribution in [1.29, 1.82) is 5.26 Å². The van der Waals surface area contributed by atoms with E-state index in [0.717, 1.165) is 5.56 Å². The molecule has 0 bridgehead atoms. The van der Waals surface area contributed by atoms with E-state index in [2.05, 4.69) is 21.7 Å². The maximum Gasteiger partial charge on any atom is 0.244 e. The number of fused-ring (bicyclic) bond motifs is 1. The number of carbonyl (C=O) groups excluding carboxylic acids is 2. The normalized spacial score (nSPS) is 16.1. The van der Waals surface area contributed by atoms with E-state index in [9.17, 15) is 14.9 Å². The minimum atomic E-state index is -0.984. The Morgan fingerprint density at radius 2 is 1.97 bits per heavy atom. The smallest absolute Gasteiger partial charge is 0.244 e. The highest BCUT2D eigenvalue weighted by Crippen LogP contribution is 2.34. The van der Waals surface area contributed by atoms with Crippen molar-refractivity contribution in [3.05, 3.63) is 64.0 Å². The van der Waals surface area contributed by atoms with Gasteiger partial charge in [0.1, 0.15) is 17.1 Å². The number of halogens is 2. The number of hydrogen-bond acceptors (Lipinski definition) is 5. The SMILES string of the molecule is C[C@H](C(=O)NC(Cc1nc2cccc(Cl)c2o1)C(=O)NC1(C#N)CC1)c1cccc(Cl)c1. The Hall–Kier alpha value is -3.08. The Morgan fingerprint density at radius 3 is 2.62 bits per heavy atom. The van der Waals surface area contributed by atoms with Gasteiger partial charge in [-0.3, -0.25) is 9.59 Å². The van der Waals surface area contributed by atoms with Gasteiger partial charge in [0.05, 0.1) is 23.4 Å². The van der Waals surface area contributed by atoms with Crippen LogP contribution >= 0.6 is 23.2 Å². The molecule has 1 aliphatic rings. The Morgan fingerprint density at radius 1 is 1.22 bits per heavy atom. The number of nitriles is 1. The van der Waals surface area contributed by atoms with Crippen molar-refractivity contribution >= 4 is 46.1 Å². The zero-order valence-electron chi connectivity index (χ0n) is 17.2. The van der Waals surface area contributed by atoms with Crippen LogP contribution in [-0.2, 0) is 16.0 Å². The molecule has 7 nitrogen and oxygen atoms in total. The standard InChI is InChI=1S/C23H20Cl2N4O3/c1-13(14-4-2-5-15(24)10-14)21(30)28-18(22(31)29-23(12-26)8-9-23)11-19-27-17-7-3-6-16(25)20(17)32-19/h2-7,10,13,18H,8-9,11H2,1H3,(H,28,30)(H,29,31)/t13-,18?/m0/s1. The average Bonchev–Trinajstić information content (AvgIpc) is 3.42. The van der Waals surface area contributed by atoms with Gasteiger partial charge in [0.25, 0.3) is 0 Å². The van der Waals surface area contributed by atoms with Crippen molar-refractivity contribution in [3.8, 4) is 6.07 Å². The van der Waals surface area contributed by atoms with Gasteiger partial charge in [-0.1, -0.05) is 41.4 Å². The number of para-hydroxylation sites is 1. The molecule has 164 valence electrons. The number of nitrogens with zero attached hydrogens (tertiary/aromatic N) is 2. The van der Waals surface area contributed by atoms with E-state index in [1.54, 1.807) is 49.4 Å². The first kappa shape index (κ1) is 22.1. The third kappa shape index (κ3) is 4.72. The second-order valence-electron chi connectivity index (χ2n) is 7.92. The molecule has 1 unspecified atom stereocenters. The molecule has 0 aliphatic heterocycles. The van der Waals surface area contributed by atoms with Gasteiger partial charge in [-0.2, -0.15) is 5.26 Å². The summed E-state index contributed by atoms with van der Waals surface area (Å²) in [5.41, 5.74) is 0.820. The first-order valence-electron chi connectivity index (χ1n) is 10.1. The third-order valence-corrected chi connectivity index (χ3v) is 6.02. The second-order valence-corrected chi connectivity index (χ2v) is 8.76. The molecular weight excluding hydrogens is 451 g/mol. The molecule has 1 aromatic heterocycles. The summed E-state index contributed by atoms with van der Waals surface area (Å²) >= 11 is 12.2. The van der Waals surface area contributed by atoms with Gasteiger partial charge in [0.15, 0.2) is 11.5 Å². The number of aromatic nitrogens is 1. The van der Waals surface area contributed by atoms with E-state index >= 15 is 0 Å². The van der Waals surface area contributed by atoms with Crippen LogP contribution in [0.5, 0.6) is 0 Å². The van der Waals surface area contributed by atoms with Crippen molar-refractivity contribution in [2.24, 2.45) is 0 Å². The number of rotatable bonds is 7. The number of carbonyl (C=O) groups is 2. The summed E-state index contributed by atoms with van der Waals surface area (Å²) in [7, 11) is 0. The summed E-state index contributed by atoms with van der Waals surface area (Å²) in [6.45, 7) is 1.73. The predicted molar refractivity (Wildman–Crippen MR) is 120 cm³/mol. The van der Waals surface area contributed by atoms with Crippen LogP contribution in [0.1, 0.15) is 37.1 Å². The molecule has 2 aromatic carbocycles. The van der Waals surface area contributed by atoms with Crippen molar-refractivity contribution in [1.82, 2.24) is 15.6 Å². The lowest BCUT2D eigenvalue weighted by Crippen LogP contribution is -2.52. The van der Waals surface area contributed by atoms with Crippen LogP contribution < -0.4 is 10.6 Å². The molecule has 1 aliphatic carbocycles. The minimum Gasteiger partial charge on any atom is -0.439 e. The van der Waals surface area contributed by atoms with Crippen molar-refractivity contribution in [2.75, 3.05) is 0 Å². The molecule has 32 heavy (non-hydrogen) atoms. The van der Waals surface area contributed by atoms with E-state index in [1.165, 1.54) is 0 Å². The zero-order chi connectivity index (χ0) is 22.9. The van der Waals surface area contributed by atoms with E-state index in [0.29, 0.717) is 34.0 Å². The predicted octanol–water partition coefficient (Wildman–Crippen LogP) is 4.14. The molecular formula is C23H20Cl2N4O3. The Kier molecular flexibility index (Phi) is 6.09. The number of amides is 2. The van der Waals surface area contributed by atoms with E-state index < -0.39 is 23.4 Å². The molecule has 0 radical (unpaired) electrons. The number of benzene rings is 2. The highest BCUT2D eigenvalue weighted by molar-refractivity contribution is 6.34. The third-order valence-electron chi connectivity index (χ3n) is 5.49. The first-order valence-corrected chi connectivity index (χ1v) is 10.9. The Balaban J connectivity index is 1.56. The largest absolute Gasteiger partial charge is 0.439 e. The Labute approximate surface area is 194 Å². The molecule has 1 heterocycles. The molecule has 2 atom stereocenters. The van der Waals surface area contributed by atoms with Gasteiger partial charge in [-0.05, 0) is 49.6 Å². The molecule has 2 amide bonds. The molecule has 2 N–H and O–H groups in total. The topological polar surface area (TPSA) is 108 Å². The van der Waals surface area contributed by atoms with Crippen LogP contribution in [0.15, 0.2) is 46.9 Å². The molecule has 0 spiro atoms. The fourth-order valence-corrected chi connectivity index (χ4v) is 3.78. The van der Waals surface area contributed by atoms with Gasteiger partial charge in [-0.25, -0.2) is 4.98 Å². The van der Waals surface area contributed by atoms with Gasteiger partial charge >= 0.3 is 0 Å². The van der Waals surface area contributed by atoms with Crippen LogP contribution in [0, 0.1) is 11.3 Å². The zero-order valence-corrected chi connectivity index (χ0v) is 18.7. The summed E-state index contributed by atoms with van der Waals surface area (Å²) in [4.78, 5) is 30.3. The average molecular weight is 471 g/mol. The number of nitrogens with one attached hydrogen (secondary N) is 2. The van der Waals surface area contributed by atoms with E-state index in [4.69, 9.17) is 27.6 Å². The van der Waals surface area contributed by atoms with Gasteiger partial charge < -0.3 is 15.1 Å². The van der Waals surface area contributed by atoms with Crippen LogP contribution in [-0.4, -0.2) is 28.4 Å². The van der Waals surface area contributed by atoms with Crippen LogP contribution in [0.4, 0.5) is 0 Å². The number of hydrogen-bond donors (Lipinski definition) is 2. The maximum atomic E-state index is 13.0. The van der Waals surface area contributed by atoms with Gasteiger partial charge in [-0.15, -0.1) is 0 Å². The molecule has 0 saturated heterocycles. The fraction of sp³-hybridized carbons (Fsp3) is 0.304. The van der Waals surface area contributed by atoms with Crippen LogP contribution in [0.25, 0.3) is 11.1 Å². The highest BCUT2D eigenvalue weighted by atomic mass is 35.5. The Bertz CT molecular complexity index is 1230. The highest BCUT2D eigenvalue weighted by Gasteiger charge is 2.46. The van der Waals surface area contributed by atoms with E-state index in [-0.39, 0.29) is 18.2 Å². The summed E-state index contributed by atoms with van der Waals surface area (Å²) in [5.74, 6) is -1.12. The quantitative estimate of drug-likeness (QED) is 0.539. The molecule has 4 rings (SSSR count). The molecule has 1 fully saturated rings. The summed E-state index contributed by atoms with van der Waals surface area (Å²) in [6, 6.07) is 13.3.